The molecule has 0 unspecified atom stereocenters. The van der Waals surface area contributed by atoms with Crippen LogP contribution in [0.4, 0.5) is 0 Å². The Hall–Kier alpha value is -2.97. The SMILES string of the molecule is COc1nccc(OC2CCN(S(=O)(=O)c3ccc(-c4ccccc4)cc3)CC2)n1. The molecule has 2 heterocycles. The van der Waals surface area contributed by atoms with Crippen LogP contribution in [0.25, 0.3) is 11.1 Å². The quantitative estimate of drug-likeness (QED) is 0.602. The summed E-state index contributed by atoms with van der Waals surface area (Å²) in [6.45, 7) is 0.797. The Bertz CT molecular complexity index is 1080. The molecule has 4 rings (SSSR count). The lowest BCUT2D eigenvalue weighted by Crippen LogP contribution is -2.41. The predicted octanol–water partition coefficient (Wildman–Crippen LogP) is 3.38. The summed E-state index contributed by atoms with van der Waals surface area (Å²) < 4.78 is 38.5. The fourth-order valence-electron chi connectivity index (χ4n) is 3.45. The second-order valence-corrected chi connectivity index (χ2v) is 8.93. The van der Waals surface area contributed by atoms with Gasteiger partial charge in [-0.05, 0) is 36.1 Å². The van der Waals surface area contributed by atoms with Gasteiger partial charge in [0.25, 0.3) is 0 Å². The van der Waals surface area contributed by atoms with Gasteiger partial charge in [-0.1, -0.05) is 42.5 Å². The maximum atomic E-state index is 13.0. The molecule has 0 N–H and O–H groups in total. The molecule has 1 aliphatic heterocycles. The van der Waals surface area contributed by atoms with Gasteiger partial charge in [-0.25, -0.2) is 13.4 Å². The summed E-state index contributed by atoms with van der Waals surface area (Å²) in [5, 5.41) is 0. The maximum absolute atomic E-state index is 13.0. The van der Waals surface area contributed by atoms with Gasteiger partial charge in [0.15, 0.2) is 0 Å². The van der Waals surface area contributed by atoms with E-state index in [1.165, 1.54) is 11.4 Å². The zero-order valence-electron chi connectivity index (χ0n) is 16.6. The van der Waals surface area contributed by atoms with E-state index in [2.05, 4.69) is 9.97 Å². The third-order valence-corrected chi connectivity index (χ3v) is 6.99. The van der Waals surface area contributed by atoms with Crippen LogP contribution in [0.2, 0.25) is 0 Å². The van der Waals surface area contributed by atoms with Crippen molar-refractivity contribution in [3.05, 3.63) is 66.9 Å². The van der Waals surface area contributed by atoms with Crippen LogP contribution < -0.4 is 9.47 Å². The van der Waals surface area contributed by atoms with Crippen LogP contribution in [0.3, 0.4) is 0 Å². The van der Waals surface area contributed by atoms with E-state index in [-0.39, 0.29) is 12.1 Å². The van der Waals surface area contributed by atoms with Crippen LogP contribution in [0.1, 0.15) is 12.8 Å². The predicted molar refractivity (Wildman–Crippen MR) is 113 cm³/mol. The van der Waals surface area contributed by atoms with Crippen molar-refractivity contribution in [2.45, 2.75) is 23.8 Å². The van der Waals surface area contributed by atoms with Crippen molar-refractivity contribution in [2.24, 2.45) is 0 Å². The van der Waals surface area contributed by atoms with Crippen molar-refractivity contribution in [1.82, 2.24) is 14.3 Å². The van der Waals surface area contributed by atoms with Gasteiger partial charge in [0.1, 0.15) is 6.10 Å². The Morgan fingerprint density at radius 2 is 1.60 bits per heavy atom. The number of hydrogen-bond donors (Lipinski definition) is 0. The number of benzene rings is 2. The van der Waals surface area contributed by atoms with Crippen molar-refractivity contribution in [3.8, 4) is 23.0 Å². The first-order chi connectivity index (χ1) is 14.6. The Balaban J connectivity index is 1.40. The van der Waals surface area contributed by atoms with Crippen LogP contribution in [0, 0.1) is 0 Å². The molecule has 1 saturated heterocycles. The number of aromatic nitrogens is 2. The first kappa shape index (κ1) is 20.3. The lowest BCUT2D eigenvalue weighted by Gasteiger charge is -2.31. The molecule has 0 spiro atoms. The van der Waals surface area contributed by atoms with Gasteiger partial charge in [-0.3, -0.25) is 0 Å². The van der Waals surface area contributed by atoms with Crippen molar-refractivity contribution in [2.75, 3.05) is 20.2 Å². The normalized spacial score (nSPS) is 15.6. The molecule has 0 atom stereocenters. The van der Waals surface area contributed by atoms with Crippen molar-refractivity contribution < 1.29 is 17.9 Å². The summed E-state index contributed by atoms with van der Waals surface area (Å²) in [5.41, 5.74) is 2.04. The second-order valence-electron chi connectivity index (χ2n) is 6.99. The van der Waals surface area contributed by atoms with E-state index < -0.39 is 10.0 Å². The molecule has 2 aromatic carbocycles. The van der Waals surface area contributed by atoms with E-state index in [0.717, 1.165) is 11.1 Å². The van der Waals surface area contributed by atoms with Gasteiger partial charge < -0.3 is 9.47 Å². The number of sulfonamides is 1. The summed E-state index contributed by atoms with van der Waals surface area (Å²) >= 11 is 0. The second kappa shape index (κ2) is 8.81. The standard InChI is InChI=1S/C22H23N3O4S/c1-28-22-23-14-11-21(24-22)29-19-12-15-25(16-13-19)30(26,27)20-9-7-18(8-10-20)17-5-3-2-4-6-17/h2-11,14,19H,12-13,15-16H2,1H3. The van der Waals surface area contributed by atoms with Crippen LogP contribution in [-0.4, -0.2) is 49.0 Å². The molecular weight excluding hydrogens is 402 g/mol. The molecule has 3 aromatic rings. The molecule has 0 saturated carbocycles. The van der Waals surface area contributed by atoms with E-state index in [1.807, 2.05) is 42.5 Å². The minimum absolute atomic E-state index is 0.100. The summed E-state index contributed by atoms with van der Waals surface area (Å²) in [6.07, 6.45) is 2.65. The van der Waals surface area contributed by atoms with Gasteiger partial charge >= 0.3 is 6.01 Å². The largest absolute Gasteiger partial charge is 0.474 e. The average Bonchev–Trinajstić information content (AvgIpc) is 2.80. The van der Waals surface area contributed by atoms with E-state index in [0.29, 0.717) is 36.7 Å². The summed E-state index contributed by atoms with van der Waals surface area (Å²) in [5.74, 6) is 0.430. The molecule has 0 amide bonds. The molecule has 0 aliphatic carbocycles. The minimum atomic E-state index is -3.54. The van der Waals surface area contributed by atoms with Crippen molar-refractivity contribution in [3.63, 3.8) is 0 Å². The van der Waals surface area contributed by atoms with Crippen LogP contribution >= 0.6 is 0 Å². The van der Waals surface area contributed by atoms with Crippen molar-refractivity contribution >= 4 is 10.0 Å². The molecule has 1 fully saturated rings. The molecule has 0 radical (unpaired) electrons. The highest BCUT2D eigenvalue weighted by Gasteiger charge is 2.30. The summed E-state index contributed by atoms with van der Waals surface area (Å²) in [7, 11) is -2.04. The third kappa shape index (κ3) is 4.44. The summed E-state index contributed by atoms with van der Waals surface area (Å²) in [4.78, 5) is 8.41. The van der Waals surface area contributed by atoms with E-state index in [1.54, 1.807) is 24.4 Å². The highest BCUT2D eigenvalue weighted by atomic mass is 32.2. The highest BCUT2D eigenvalue weighted by Crippen LogP contribution is 2.26. The lowest BCUT2D eigenvalue weighted by molar-refractivity contribution is 0.128. The zero-order chi connectivity index (χ0) is 21.0. The number of ether oxygens (including phenoxy) is 2. The topological polar surface area (TPSA) is 81.6 Å². The van der Waals surface area contributed by atoms with E-state index >= 15 is 0 Å². The van der Waals surface area contributed by atoms with Crippen molar-refractivity contribution in [1.29, 1.82) is 0 Å². The number of hydrogen-bond acceptors (Lipinski definition) is 6. The van der Waals surface area contributed by atoms with Crippen LogP contribution in [0.5, 0.6) is 11.9 Å². The Morgan fingerprint density at radius 1 is 0.933 bits per heavy atom. The first-order valence-electron chi connectivity index (χ1n) is 9.75. The van der Waals surface area contributed by atoms with E-state index in [9.17, 15) is 8.42 Å². The minimum Gasteiger partial charge on any atom is -0.474 e. The highest BCUT2D eigenvalue weighted by molar-refractivity contribution is 7.89. The molecular formula is C22H23N3O4S. The van der Waals surface area contributed by atoms with Crippen LogP contribution in [0.15, 0.2) is 71.8 Å². The van der Waals surface area contributed by atoms with E-state index in [4.69, 9.17) is 9.47 Å². The Morgan fingerprint density at radius 3 is 2.27 bits per heavy atom. The monoisotopic (exact) mass is 425 g/mol. The van der Waals surface area contributed by atoms with Gasteiger partial charge in [-0.15, -0.1) is 0 Å². The lowest BCUT2D eigenvalue weighted by atomic mass is 10.1. The van der Waals surface area contributed by atoms with Gasteiger partial charge in [0.05, 0.1) is 12.0 Å². The Labute approximate surface area is 176 Å². The summed E-state index contributed by atoms with van der Waals surface area (Å²) in [6, 6.07) is 18.8. The molecule has 7 nitrogen and oxygen atoms in total. The fourth-order valence-corrected chi connectivity index (χ4v) is 4.92. The maximum Gasteiger partial charge on any atom is 0.319 e. The number of methoxy groups -OCH3 is 1. The molecule has 8 heteroatoms. The average molecular weight is 426 g/mol. The molecule has 30 heavy (non-hydrogen) atoms. The van der Waals surface area contributed by atoms with Gasteiger partial charge in [0.2, 0.25) is 15.9 Å². The van der Waals surface area contributed by atoms with Crippen LogP contribution in [-0.2, 0) is 10.0 Å². The molecule has 1 aromatic heterocycles. The number of rotatable bonds is 6. The van der Waals surface area contributed by atoms with Gasteiger partial charge in [-0.2, -0.15) is 9.29 Å². The first-order valence-corrected chi connectivity index (χ1v) is 11.2. The number of piperidine rings is 1. The fraction of sp³-hybridized carbons (Fsp3) is 0.273. The smallest absolute Gasteiger partial charge is 0.319 e. The third-order valence-electron chi connectivity index (χ3n) is 5.08. The van der Waals surface area contributed by atoms with Gasteiger partial charge in [0, 0.05) is 25.4 Å². The number of nitrogens with zero attached hydrogens (tertiary/aromatic N) is 3. The molecule has 0 bridgehead atoms. The molecule has 156 valence electrons. The Kier molecular flexibility index (Phi) is 5.96. The molecule has 1 aliphatic rings. The zero-order valence-corrected chi connectivity index (χ0v) is 17.5.